The fourth-order valence-corrected chi connectivity index (χ4v) is 2.83. The van der Waals surface area contributed by atoms with Gasteiger partial charge in [0, 0.05) is 30.7 Å². The molecule has 0 aliphatic carbocycles. The molecule has 0 bridgehead atoms. The van der Waals surface area contributed by atoms with Crippen LogP contribution in [-0.2, 0) is 5.41 Å². The van der Waals surface area contributed by atoms with E-state index in [1.54, 1.807) is 0 Å². The number of aryl methyl sites for hydroxylation is 1. The van der Waals surface area contributed by atoms with Crippen LogP contribution in [0.25, 0.3) is 0 Å². The van der Waals surface area contributed by atoms with Crippen LogP contribution in [0, 0.1) is 6.92 Å². The third-order valence-electron chi connectivity index (χ3n) is 3.50. The van der Waals surface area contributed by atoms with Crippen LogP contribution >= 0.6 is 0 Å². The summed E-state index contributed by atoms with van der Waals surface area (Å²) in [7, 11) is 0. The molecule has 3 rings (SSSR count). The molecule has 15 heavy (non-hydrogen) atoms. The Labute approximate surface area is 90.4 Å². The van der Waals surface area contributed by atoms with Crippen LogP contribution in [0.15, 0.2) is 30.4 Å². The second kappa shape index (κ2) is 3.11. The molecular weight excluding hydrogens is 184 g/mol. The Hall–Kier alpha value is -1.28. The van der Waals surface area contributed by atoms with Crippen molar-refractivity contribution in [2.75, 3.05) is 25.0 Å². The van der Waals surface area contributed by atoms with Gasteiger partial charge in [-0.15, -0.1) is 0 Å². The normalized spacial score (nSPS) is 27.8. The molecule has 2 aliphatic heterocycles. The van der Waals surface area contributed by atoms with Crippen LogP contribution < -0.4 is 10.6 Å². The summed E-state index contributed by atoms with van der Waals surface area (Å²) in [6, 6.07) is 6.51. The molecule has 0 unspecified atom stereocenters. The maximum atomic E-state index is 3.51. The number of hydrogen-bond acceptors (Lipinski definition) is 2. The van der Waals surface area contributed by atoms with Crippen molar-refractivity contribution in [3.05, 3.63) is 41.5 Å². The standard InChI is InChI=1S/C13H16N2/c1-10-4-2-5-11-12(10)13(9-15-11)6-3-7-14-8-13/h2-6,14-15H,7-9H2,1H3/t13-/m0/s1. The highest BCUT2D eigenvalue weighted by Crippen LogP contribution is 2.40. The Morgan fingerprint density at radius 2 is 2.20 bits per heavy atom. The SMILES string of the molecule is Cc1cccc2c1[C@]1(C=CCNC1)CN2. The summed E-state index contributed by atoms with van der Waals surface area (Å²) in [4.78, 5) is 0. The Kier molecular flexibility index (Phi) is 1.86. The van der Waals surface area contributed by atoms with Crippen molar-refractivity contribution in [1.82, 2.24) is 5.32 Å². The van der Waals surface area contributed by atoms with Gasteiger partial charge in [-0.05, 0) is 24.1 Å². The summed E-state index contributed by atoms with van der Waals surface area (Å²) in [6.07, 6.45) is 4.61. The molecule has 0 aromatic heterocycles. The third kappa shape index (κ3) is 1.21. The Morgan fingerprint density at radius 3 is 3.00 bits per heavy atom. The van der Waals surface area contributed by atoms with Crippen LogP contribution in [0.4, 0.5) is 5.69 Å². The Balaban J connectivity index is 2.17. The van der Waals surface area contributed by atoms with Gasteiger partial charge in [-0.2, -0.15) is 0 Å². The molecule has 0 amide bonds. The quantitative estimate of drug-likeness (QED) is 0.624. The lowest BCUT2D eigenvalue weighted by atomic mass is 9.78. The molecule has 0 saturated carbocycles. The van der Waals surface area contributed by atoms with E-state index < -0.39 is 0 Å². The minimum Gasteiger partial charge on any atom is -0.384 e. The van der Waals surface area contributed by atoms with E-state index in [9.17, 15) is 0 Å². The van der Waals surface area contributed by atoms with Gasteiger partial charge < -0.3 is 10.6 Å². The van der Waals surface area contributed by atoms with Crippen molar-refractivity contribution in [2.45, 2.75) is 12.3 Å². The third-order valence-corrected chi connectivity index (χ3v) is 3.50. The molecule has 78 valence electrons. The first-order valence-corrected chi connectivity index (χ1v) is 5.54. The van der Waals surface area contributed by atoms with E-state index in [0.29, 0.717) is 0 Å². The van der Waals surface area contributed by atoms with E-state index in [2.05, 4.69) is 47.9 Å². The molecule has 2 heterocycles. The van der Waals surface area contributed by atoms with Gasteiger partial charge in [0.2, 0.25) is 0 Å². The second-order valence-corrected chi connectivity index (χ2v) is 4.54. The highest BCUT2D eigenvalue weighted by Gasteiger charge is 2.38. The lowest BCUT2D eigenvalue weighted by Gasteiger charge is -2.30. The predicted octanol–water partition coefficient (Wildman–Crippen LogP) is 1.82. The first kappa shape index (κ1) is 8.98. The van der Waals surface area contributed by atoms with E-state index in [4.69, 9.17) is 0 Å². The van der Waals surface area contributed by atoms with E-state index in [1.165, 1.54) is 16.8 Å². The van der Waals surface area contributed by atoms with Crippen molar-refractivity contribution >= 4 is 5.69 Å². The molecule has 1 aromatic carbocycles. The fraction of sp³-hybridized carbons (Fsp3) is 0.385. The largest absolute Gasteiger partial charge is 0.384 e. The molecule has 1 spiro atoms. The highest BCUT2D eigenvalue weighted by atomic mass is 15.0. The summed E-state index contributed by atoms with van der Waals surface area (Å²) in [6.45, 7) is 5.28. The van der Waals surface area contributed by atoms with Gasteiger partial charge in [-0.1, -0.05) is 24.3 Å². The molecule has 0 fully saturated rings. The molecule has 2 heteroatoms. The smallest absolute Gasteiger partial charge is 0.0453 e. The van der Waals surface area contributed by atoms with Gasteiger partial charge in [0.1, 0.15) is 0 Å². The van der Waals surface area contributed by atoms with Crippen molar-refractivity contribution < 1.29 is 0 Å². The zero-order chi connectivity index (χ0) is 10.3. The van der Waals surface area contributed by atoms with Crippen molar-refractivity contribution in [3.63, 3.8) is 0 Å². The number of anilines is 1. The second-order valence-electron chi connectivity index (χ2n) is 4.54. The summed E-state index contributed by atoms with van der Waals surface area (Å²) < 4.78 is 0. The first-order valence-electron chi connectivity index (χ1n) is 5.54. The van der Waals surface area contributed by atoms with Crippen LogP contribution in [0.5, 0.6) is 0 Å². The summed E-state index contributed by atoms with van der Waals surface area (Å²) in [5.74, 6) is 0. The van der Waals surface area contributed by atoms with Crippen LogP contribution in [0.1, 0.15) is 11.1 Å². The van der Waals surface area contributed by atoms with Gasteiger partial charge in [-0.3, -0.25) is 0 Å². The minimum absolute atomic E-state index is 0.193. The van der Waals surface area contributed by atoms with Crippen molar-refractivity contribution in [1.29, 1.82) is 0 Å². The van der Waals surface area contributed by atoms with Crippen LogP contribution in [0.3, 0.4) is 0 Å². The molecule has 2 nitrogen and oxygen atoms in total. The van der Waals surface area contributed by atoms with Crippen molar-refractivity contribution in [3.8, 4) is 0 Å². The summed E-state index contributed by atoms with van der Waals surface area (Å²) in [5.41, 5.74) is 4.38. The fourth-order valence-electron chi connectivity index (χ4n) is 2.83. The van der Waals surface area contributed by atoms with E-state index >= 15 is 0 Å². The Bertz CT molecular complexity index is 423. The lowest BCUT2D eigenvalue weighted by Crippen LogP contribution is -2.41. The molecule has 2 N–H and O–H groups in total. The predicted molar refractivity (Wildman–Crippen MR) is 63.4 cm³/mol. The van der Waals surface area contributed by atoms with E-state index in [1.807, 2.05) is 0 Å². The maximum Gasteiger partial charge on any atom is 0.0453 e. The Morgan fingerprint density at radius 1 is 1.27 bits per heavy atom. The topological polar surface area (TPSA) is 24.1 Å². The van der Waals surface area contributed by atoms with Gasteiger partial charge in [0.05, 0.1) is 0 Å². The number of rotatable bonds is 0. The zero-order valence-electron chi connectivity index (χ0n) is 9.01. The van der Waals surface area contributed by atoms with Gasteiger partial charge in [0.25, 0.3) is 0 Å². The lowest BCUT2D eigenvalue weighted by molar-refractivity contribution is 0.511. The number of nitrogens with one attached hydrogen (secondary N) is 2. The van der Waals surface area contributed by atoms with Gasteiger partial charge in [-0.25, -0.2) is 0 Å². The molecular formula is C13H16N2. The minimum atomic E-state index is 0.193. The number of fused-ring (bicyclic) bond motifs is 2. The van der Waals surface area contributed by atoms with E-state index in [-0.39, 0.29) is 5.41 Å². The molecule has 1 atom stereocenters. The summed E-state index contributed by atoms with van der Waals surface area (Å²) in [5, 5.41) is 6.97. The van der Waals surface area contributed by atoms with Gasteiger partial charge >= 0.3 is 0 Å². The van der Waals surface area contributed by atoms with Gasteiger partial charge in [0.15, 0.2) is 0 Å². The monoisotopic (exact) mass is 200 g/mol. The molecule has 2 aliphatic rings. The molecule has 0 saturated heterocycles. The number of hydrogen-bond donors (Lipinski definition) is 2. The van der Waals surface area contributed by atoms with Crippen LogP contribution in [0.2, 0.25) is 0 Å². The van der Waals surface area contributed by atoms with Crippen molar-refractivity contribution in [2.24, 2.45) is 0 Å². The van der Waals surface area contributed by atoms with E-state index in [0.717, 1.165) is 19.6 Å². The van der Waals surface area contributed by atoms with Crippen LogP contribution in [-0.4, -0.2) is 19.6 Å². The first-order chi connectivity index (χ1) is 7.32. The maximum absolute atomic E-state index is 3.51. The summed E-state index contributed by atoms with van der Waals surface area (Å²) >= 11 is 0. The number of benzene rings is 1. The highest BCUT2D eigenvalue weighted by molar-refractivity contribution is 5.65. The molecule has 1 aromatic rings. The molecule has 0 radical (unpaired) electrons. The zero-order valence-corrected chi connectivity index (χ0v) is 9.01. The average Bonchev–Trinajstić information content (AvgIpc) is 2.60. The average molecular weight is 200 g/mol.